The van der Waals surface area contributed by atoms with Crippen LogP contribution < -0.4 is 19.3 Å². The van der Waals surface area contributed by atoms with E-state index < -0.39 is 29.3 Å². The summed E-state index contributed by atoms with van der Waals surface area (Å²) in [6.45, 7) is 5.74. The van der Waals surface area contributed by atoms with Gasteiger partial charge in [0, 0.05) is 18.8 Å². The van der Waals surface area contributed by atoms with E-state index in [9.17, 15) is 19.1 Å². The van der Waals surface area contributed by atoms with Crippen LogP contribution in [0.1, 0.15) is 31.0 Å². The van der Waals surface area contributed by atoms with E-state index in [0.717, 1.165) is 24.8 Å². The van der Waals surface area contributed by atoms with Gasteiger partial charge in [-0.25, -0.2) is 4.39 Å². The number of hydrogen-bond donors (Lipinski definition) is 1. The molecule has 7 nitrogen and oxygen atoms in total. The summed E-state index contributed by atoms with van der Waals surface area (Å²) in [7, 11) is 2.85. The first-order chi connectivity index (χ1) is 17.9. The smallest absolute Gasteiger partial charge is 0.300 e. The Morgan fingerprint density at radius 3 is 2.22 bits per heavy atom. The van der Waals surface area contributed by atoms with Crippen LogP contribution >= 0.6 is 0 Å². The molecule has 1 aliphatic rings. The minimum atomic E-state index is -0.991. The largest absolute Gasteiger partial charge is 0.507 e. The van der Waals surface area contributed by atoms with Crippen LogP contribution in [0.4, 0.5) is 15.8 Å². The SMILES string of the molecule is CCN(CC)c1ccc(C2/C(=C(\O)c3cc(F)ccc3OC)C(=O)C(=O)N2c2ccccc2OC)cc1. The predicted octanol–water partition coefficient (Wildman–Crippen LogP) is 5.32. The number of hydrogen-bond acceptors (Lipinski definition) is 6. The van der Waals surface area contributed by atoms with Crippen molar-refractivity contribution in [3.05, 3.63) is 89.2 Å². The van der Waals surface area contributed by atoms with E-state index in [0.29, 0.717) is 17.0 Å². The van der Waals surface area contributed by atoms with E-state index in [-0.39, 0.29) is 16.9 Å². The van der Waals surface area contributed by atoms with Crippen LogP contribution in [0.3, 0.4) is 0 Å². The second-order valence-electron chi connectivity index (χ2n) is 8.45. The van der Waals surface area contributed by atoms with Crippen molar-refractivity contribution in [3.63, 3.8) is 0 Å². The third-order valence-electron chi connectivity index (χ3n) is 6.54. The number of halogens is 1. The number of carbonyl (C=O) groups excluding carboxylic acids is 2. The van der Waals surface area contributed by atoms with Gasteiger partial charge in [0.05, 0.1) is 37.1 Å². The summed E-state index contributed by atoms with van der Waals surface area (Å²) in [6.07, 6.45) is 0. The zero-order valence-electron chi connectivity index (χ0n) is 21.2. The minimum absolute atomic E-state index is 0.0229. The molecule has 0 radical (unpaired) electrons. The number of methoxy groups -OCH3 is 2. The molecular weight excluding hydrogens is 475 g/mol. The van der Waals surface area contributed by atoms with Crippen molar-refractivity contribution in [2.75, 3.05) is 37.1 Å². The number of benzene rings is 3. The highest BCUT2D eigenvalue weighted by Gasteiger charge is 2.48. The summed E-state index contributed by atoms with van der Waals surface area (Å²) in [5.74, 6) is -2.33. The molecule has 0 bridgehead atoms. The zero-order valence-corrected chi connectivity index (χ0v) is 21.2. The summed E-state index contributed by atoms with van der Waals surface area (Å²) in [4.78, 5) is 30.4. The summed E-state index contributed by atoms with van der Waals surface area (Å²) in [5.41, 5.74) is 1.75. The number of rotatable bonds is 8. The number of aliphatic hydroxyl groups excluding tert-OH is 1. The number of ether oxygens (including phenoxy) is 2. The van der Waals surface area contributed by atoms with Crippen LogP contribution in [-0.4, -0.2) is 44.1 Å². The van der Waals surface area contributed by atoms with Gasteiger partial charge in [0.25, 0.3) is 11.7 Å². The Morgan fingerprint density at radius 1 is 0.946 bits per heavy atom. The Balaban J connectivity index is 1.97. The lowest BCUT2D eigenvalue weighted by atomic mass is 9.94. The molecule has 8 heteroatoms. The first-order valence-corrected chi connectivity index (χ1v) is 12.0. The monoisotopic (exact) mass is 504 g/mol. The van der Waals surface area contributed by atoms with Crippen molar-refractivity contribution < 1.29 is 28.6 Å². The van der Waals surface area contributed by atoms with E-state index in [4.69, 9.17) is 9.47 Å². The number of anilines is 2. The number of Topliss-reactive ketones (excluding diaryl/α,β-unsaturated/α-hetero) is 1. The molecule has 0 saturated carbocycles. The molecule has 1 aliphatic heterocycles. The fourth-order valence-corrected chi connectivity index (χ4v) is 4.69. The van der Waals surface area contributed by atoms with Gasteiger partial charge in [-0.1, -0.05) is 24.3 Å². The van der Waals surface area contributed by atoms with Crippen molar-refractivity contribution in [2.45, 2.75) is 19.9 Å². The average molecular weight is 505 g/mol. The van der Waals surface area contributed by atoms with Crippen molar-refractivity contribution >= 4 is 28.8 Å². The average Bonchev–Trinajstić information content (AvgIpc) is 3.19. The third-order valence-corrected chi connectivity index (χ3v) is 6.54. The molecule has 4 rings (SSSR count). The second kappa shape index (κ2) is 10.7. The number of aliphatic hydroxyl groups is 1. The normalized spacial score (nSPS) is 16.7. The van der Waals surface area contributed by atoms with Crippen LogP contribution in [0.15, 0.2) is 72.3 Å². The molecule has 0 aliphatic carbocycles. The van der Waals surface area contributed by atoms with Crippen LogP contribution in [0.5, 0.6) is 11.5 Å². The highest BCUT2D eigenvalue weighted by Crippen LogP contribution is 2.46. The summed E-state index contributed by atoms with van der Waals surface area (Å²) in [5, 5.41) is 11.4. The van der Waals surface area contributed by atoms with Crippen molar-refractivity contribution in [3.8, 4) is 11.5 Å². The maximum Gasteiger partial charge on any atom is 0.300 e. The molecule has 3 aromatic carbocycles. The van der Waals surface area contributed by atoms with Gasteiger partial charge in [0.1, 0.15) is 23.1 Å². The molecule has 0 spiro atoms. The van der Waals surface area contributed by atoms with Crippen LogP contribution in [0.25, 0.3) is 5.76 Å². The zero-order chi connectivity index (χ0) is 26.7. The summed E-state index contributed by atoms with van der Waals surface area (Å²) in [6, 6.07) is 16.9. The van der Waals surface area contributed by atoms with Crippen LogP contribution in [0, 0.1) is 5.82 Å². The van der Waals surface area contributed by atoms with Crippen molar-refractivity contribution in [2.24, 2.45) is 0 Å². The number of nitrogens with zero attached hydrogens (tertiary/aromatic N) is 2. The molecule has 1 N–H and O–H groups in total. The molecule has 1 heterocycles. The first-order valence-electron chi connectivity index (χ1n) is 12.0. The number of para-hydroxylation sites is 2. The lowest BCUT2D eigenvalue weighted by Gasteiger charge is -2.27. The standard InChI is InChI=1S/C29H29FN2O5/c1-5-31(6-2)20-14-11-18(12-15-20)26-25(27(33)21-17-19(30)13-16-23(21)36-3)28(34)29(35)32(26)22-9-7-8-10-24(22)37-4/h7-17,26,33H,5-6H2,1-4H3/b27-25+. The Hall–Kier alpha value is -4.33. The number of ketones is 1. The molecule has 37 heavy (non-hydrogen) atoms. The highest BCUT2D eigenvalue weighted by atomic mass is 19.1. The van der Waals surface area contributed by atoms with Gasteiger partial charge in [-0.05, 0) is 61.9 Å². The molecule has 0 aromatic heterocycles. The van der Waals surface area contributed by atoms with E-state index in [1.807, 2.05) is 24.3 Å². The van der Waals surface area contributed by atoms with Crippen LogP contribution in [0.2, 0.25) is 0 Å². The Morgan fingerprint density at radius 2 is 1.59 bits per heavy atom. The fourth-order valence-electron chi connectivity index (χ4n) is 4.69. The van der Waals surface area contributed by atoms with E-state index in [2.05, 4.69) is 18.7 Å². The lowest BCUT2D eigenvalue weighted by Crippen LogP contribution is -2.30. The van der Waals surface area contributed by atoms with E-state index in [1.54, 1.807) is 24.3 Å². The third kappa shape index (κ3) is 4.62. The van der Waals surface area contributed by atoms with Gasteiger partial charge >= 0.3 is 0 Å². The minimum Gasteiger partial charge on any atom is -0.507 e. The van der Waals surface area contributed by atoms with Gasteiger partial charge in [0.15, 0.2) is 0 Å². The number of amides is 1. The van der Waals surface area contributed by atoms with E-state index in [1.165, 1.54) is 31.3 Å². The fraction of sp³-hybridized carbons (Fsp3) is 0.241. The van der Waals surface area contributed by atoms with Gasteiger partial charge in [-0.3, -0.25) is 14.5 Å². The molecule has 1 atom stereocenters. The van der Waals surface area contributed by atoms with Crippen molar-refractivity contribution in [1.29, 1.82) is 0 Å². The van der Waals surface area contributed by atoms with E-state index >= 15 is 0 Å². The first kappa shape index (κ1) is 25.8. The maximum absolute atomic E-state index is 14.2. The Labute approximate surface area is 215 Å². The predicted molar refractivity (Wildman–Crippen MR) is 141 cm³/mol. The second-order valence-corrected chi connectivity index (χ2v) is 8.45. The van der Waals surface area contributed by atoms with Gasteiger partial charge in [-0.15, -0.1) is 0 Å². The Kier molecular flexibility index (Phi) is 7.47. The van der Waals surface area contributed by atoms with Gasteiger partial charge in [-0.2, -0.15) is 0 Å². The molecule has 1 amide bonds. The Bertz CT molecular complexity index is 1350. The highest BCUT2D eigenvalue weighted by molar-refractivity contribution is 6.52. The summed E-state index contributed by atoms with van der Waals surface area (Å²) >= 11 is 0. The van der Waals surface area contributed by atoms with Crippen LogP contribution in [-0.2, 0) is 9.59 Å². The maximum atomic E-state index is 14.2. The summed E-state index contributed by atoms with van der Waals surface area (Å²) < 4.78 is 25.0. The molecule has 3 aromatic rings. The molecule has 1 fully saturated rings. The molecule has 1 saturated heterocycles. The van der Waals surface area contributed by atoms with Crippen molar-refractivity contribution in [1.82, 2.24) is 0 Å². The van der Waals surface area contributed by atoms with Gasteiger partial charge in [0.2, 0.25) is 0 Å². The molecule has 1 unspecified atom stereocenters. The molecule has 192 valence electrons. The van der Waals surface area contributed by atoms with Gasteiger partial charge < -0.3 is 19.5 Å². The quantitative estimate of drug-likeness (QED) is 0.254. The topological polar surface area (TPSA) is 79.3 Å². The molecular formula is C29H29FN2O5. The lowest BCUT2D eigenvalue weighted by molar-refractivity contribution is -0.132. The number of carbonyl (C=O) groups is 2.